The van der Waals surface area contributed by atoms with Crippen molar-refractivity contribution in [3.05, 3.63) is 209 Å². The standard InChI is InChI=1S/C25H33Cl2NO3.C24H27Cl2NO4.C20H20Cl2O2.C5H13NO.2C3H5NO.CH4/c1-5-25(4,24(31)28-22(15-29)16(2)3)14-21(18-7-6-8-20(27)13-18)23(30)17-9-11-19(26)12-10-17;1-14(2)21(13-28)27-22(29)12-17(24(27)31)11-20(16-4-3-5-19(26)10-16)23(30)15-6-8-18(25)9-7-15;1-3-20(2)12-17(14-5-4-6-16(22)11-14)18(24-19(20)23)13-7-9-15(21)10-8-13;1-4(2)5(6)3-7;2*1-2-5-3-4-1;/h6-13,16,21-23,29-30H,5,14-15H2,1-4H3,(H,28,31);3-10,14,17,20-21,23,28,30H,11-13H2,1-2H3;4-11,17-18H,3,12H2,1-2H3;4-5,7H,3,6H2,1-2H3;2*3H,1-2H2;1H4/t21-,22-,23+,25+;17?,20-,21-,23+;17-,18+,20+;5-;;;/m1111.../s1. The van der Waals surface area contributed by atoms with Crippen molar-refractivity contribution < 1.29 is 58.9 Å². The topological polar surface area (TPSA) is 263 Å². The monoisotopic (exact) mass is 1550 g/mol. The molecule has 3 amide bonds. The molecule has 0 spiro atoms. The maximum absolute atomic E-state index is 13.3. The van der Waals surface area contributed by atoms with Crippen LogP contribution in [0.3, 0.4) is 0 Å². The lowest BCUT2D eigenvalue weighted by molar-refractivity contribution is -0.172. The highest BCUT2D eigenvalue weighted by Gasteiger charge is 2.47. The highest BCUT2D eigenvalue weighted by Crippen LogP contribution is 2.50. The van der Waals surface area contributed by atoms with Gasteiger partial charge in [-0.15, -0.1) is 0 Å². The molecule has 1 unspecified atom stereocenters. The van der Waals surface area contributed by atoms with E-state index in [0.717, 1.165) is 67.0 Å². The summed E-state index contributed by atoms with van der Waals surface area (Å²) in [6, 6.07) is 43.0. The van der Waals surface area contributed by atoms with Crippen molar-refractivity contribution in [2.24, 2.45) is 50.2 Å². The van der Waals surface area contributed by atoms with Crippen LogP contribution < -0.4 is 11.1 Å². The molecule has 0 bridgehead atoms. The van der Waals surface area contributed by atoms with Gasteiger partial charge in [-0.3, -0.25) is 34.1 Å². The number of likely N-dealkylation sites (tertiary alicyclic amines) is 1. The van der Waals surface area contributed by atoms with E-state index in [1.807, 2.05) is 136 Å². The second kappa shape index (κ2) is 44.8. The van der Waals surface area contributed by atoms with Crippen molar-refractivity contribution in [2.75, 3.05) is 46.1 Å². The first kappa shape index (κ1) is 90.2. The van der Waals surface area contributed by atoms with Gasteiger partial charge in [-0.1, -0.05) is 212 Å². The summed E-state index contributed by atoms with van der Waals surface area (Å²) in [5.74, 6) is -1.72. The number of imide groups is 1. The highest BCUT2D eigenvalue weighted by atomic mass is 35.5. The van der Waals surface area contributed by atoms with E-state index in [1.165, 1.54) is 17.7 Å². The number of halogens is 6. The highest BCUT2D eigenvalue weighted by molar-refractivity contribution is 6.32. The molecule has 2 saturated heterocycles. The zero-order valence-electron chi connectivity index (χ0n) is 60.5. The number of cyclic esters (lactones) is 1. The number of amides is 3. The average molecular weight is 1560 g/mol. The lowest BCUT2D eigenvalue weighted by atomic mass is 9.71. The molecule has 0 aromatic heterocycles. The number of nitrogens with two attached hydrogens (primary N) is 1. The van der Waals surface area contributed by atoms with E-state index in [4.69, 9.17) is 85.2 Å². The molecule has 2 fully saturated rings. The Balaban J connectivity index is 0.000000295. The van der Waals surface area contributed by atoms with Gasteiger partial charge in [0.1, 0.15) is 19.3 Å². The Morgan fingerprint density at radius 2 is 1.11 bits per heavy atom. The van der Waals surface area contributed by atoms with E-state index < -0.39 is 40.9 Å². The van der Waals surface area contributed by atoms with Crippen molar-refractivity contribution >= 4 is 106 Å². The zero-order valence-corrected chi connectivity index (χ0v) is 65.0. The minimum atomic E-state index is -0.911. The Kier molecular flexibility index (Phi) is 38.9. The van der Waals surface area contributed by atoms with Crippen LogP contribution in [-0.2, 0) is 33.4 Å². The fraction of sp³-hybridized carbons (Fsp3) is 0.481. The normalized spacial score (nSPS) is 19.8. The minimum Gasteiger partial charge on any atom is -0.482 e. The lowest BCUT2D eigenvalue weighted by Crippen LogP contribution is -2.48. The molecule has 8 N–H and O–H groups in total. The van der Waals surface area contributed by atoms with Crippen LogP contribution in [0.2, 0.25) is 30.1 Å². The van der Waals surface area contributed by atoms with Gasteiger partial charge in [0, 0.05) is 71.7 Å². The molecular formula is C81H107Cl6N5O12. The van der Waals surface area contributed by atoms with Crippen LogP contribution in [0.4, 0.5) is 0 Å². The van der Waals surface area contributed by atoms with Gasteiger partial charge in [0.15, 0.2) is 12.8 Å². The van der Waals surface area contributed by atoms with Crippen LogP contribution in [0.5, 0.6) is 0 Å². The summed E-state index contributed by atoms with van der Waals surface area (Å²) < 4.78 is 15.2. The molecule has 17 nitrogen and oxygen atoms in total. The summed E-state index contributed by atoms with van der Waals surface area (Å²) in [5, 5.41) is 56.9. The van der Waals surface area contributed by atoms with E-state index in [9.17, 15) is 39.6 Å². The number of hydrogen-bond acceptors (Lipinski definition) is 15. The van der Waals surface area contributed by atoms with E-state index in [0.29, 0.717) is 54.5 Å². The first-order valence-corrected chi connectivity index (χ1v) is 37.3. The Morgan fingerprint density at radius 3 is 1.49 bits per heavy atom. The summed E-state index contributed by atoms with van der Waals surface area (Å²) in [4.78, 5) is 60.3. The SMILES string of the molecule is C.C1=NCCO1.C1=NCCO1.CC(C)[C@@H](CO)N1C(=O)CC(C[C@H](c2cccc(Cl)c2)[C@@H](O)c2ccc(Cl)cc2)C1=O.CC(C)[C@H](N)CO.CC[C@@](C)(C[C@H](c1cccc(Cl)c1)[C@@H](O)c1ccc(Cl)cc1)C(=O)N[C@H](CO)C(C)C.CC[C@@]1(C)C[C@H](c2cccc(Cl)c2)[C@H](c2ccc(Cl)cc2)OC1=O. The predicted molar refractivity (Wildman–Crippen MR) is 421 cm³/mol. The fourth-order valence-electron chi connectivity index (χ4n) is 11.9. The lowest BCUT2D eigenvalue weighted by Gasteiger charge is -2.41. The minimum absolute atomic E-state index is 0. The van der Waals surface area contributed by atoms with Crippen molar-refractivity contribution in [1.29, 1.82) is 0 Å². The van der Waals surface area contributed by atoms with Gasteiger partial charge in [0.2, 0.25) is 17.7 Å². The molecule has 10 rings (SSSR count). The van der Waals surface area contributed by atoms with Gasteiger partial charge in [-0.2, -0.15) is 0 Å². The van der Waals surface area contributed by atoms with Crippen LogP contribution in [0.15, 0.2) is 156 Å². The smallest absolute Gasteiger partial charge is 0.312 e. The number of esters is 1. The summed E-state index contributed by atoms with van der Waals surface area (Å²) in [6.45, 7) is 22.5. The maximum Gasteiger partial charge on any atom is 0.312 e. The molecule has 570 valence electrons. The third-order valence-corrected chi connectivity index (χ3v) is 20.7. The summed E-state index contributed by atoms with van der Waals surface area (Å²) in [5.41, 5.74) is 9.23. The Hall–Kier alpha value is -6.16. The number of carbonyl (C=O) groups is 4. The second-order valence-corrected chi connectivity index (χ2v) is 30.3. The number of aliphatic imine (C=N–C) groups is 2. The predicted octanol–water partition coefficient (Wildman–Crippen LogP) is 17.2. The Bertz CT molecular complexity index is 3620. The van der Waals surface area contributed by atoms with Crippen LogP contribution in [0.1, 0.15) is 185 Å². The number of aliphatic hydroxyl groups is 5. The molecule has 104 heavy (non-hydrogen) atoms. The van der Waals surface area contributed by atoms with E-state index in [2.05, 4.69) is 30.8 Å². The van der Waals surface area contributed by atoms with Gasteiger partial charge < -0.3 is 50.8 Å². The molecule has 0 radical (unpaired) electrons. The van der Waals surface area contributed by atoms with Crippen molar-refractivity contribution in [3.63, 3.8) is 0 Å². The van der Waals surface area contributed by atoms with Gasteiger partial charge in [0.25, 0.3) is 0 Å². The number of rotatable bonds is 23. The molecule has 4 aliphatic rings. The maximum atomic E-state index is 13.3. The second-order valence-electron chi connectivity index (χ2n) is 27.7. The molecular weight excluding hydrogens is 1450 g/mol. The van der Waals surface area contributed by atoms with Crippen molar-refractivity contribution in [3.8, 4) is 0 Å². The molecule has 6 aromatic carbocycles. The first-order chi connectivity index (χ1) is 48.9. The van der Waals surface area contributed by atoms with Gasteiger partial charge in [-0.25, -0.2) is 0 Å². The van der Waals surface area contributed by atoms with Crippen molar-refractivity contribution in [1.82, 2.24) is 10.2 Å². The third-order valence-electron chi connectivity index (χ3n) is 19.2. The Labute approximate surface area is 645 Å². The zero-order chi connectivity index (χ0) is 76.1. The van der Waals surface area contributed by atoms with E-state index in [1.54, 1.807) is 72.8 Å². The number of carbonyl (C=O) groups excluding carboxylic acids is 4. The molecule has 12 atom stereocenters. The summed E-state index contributed by atoms with van der Waals surface area (Å²) in [6.07, 6.45) is 3.71. The number of hydrogen-bond donors (Lipinski definition) is 7. The fourth-order valence-corrected chi connectivity index (χ4v) is 12.9. The number of nitrogens with one attached hydrogen (secondary N) is 1. The summed E-state index contributed by atoms with van der Waals surface area (Å²) in [7, 11) is 0. The molecule has 4 aliphatic heterocycles. The van der Waals surface area contributed by atoms with E-state index >= 15 is 0 Å². The number of aliphatic hydroxyl groups excluding tert-OH is 5. The summed E-state index contributed by atoms with van der Waals surface area (Å²) >= 11 is 36.6. The number of nitrogens with zero attached hydrogens (tertiary/aromatic N) is 3. The average Bonchev–Trinajstić information content (AvgIpc) is 0.808. The van der Waals surface area contributed by atoms with Crippen LogP contribution in [-0.4, -0.2) is 131 Å². The number of ether oxygens (including phenoxy) is 3. The Morgan fingerprint density at radius 1 is 0.625 bits per heavy atom. The molecule has 23 heteroatoms. The first-order valence-electron chi connectivity index (χ1n) is 35.0. The van der Waals surface area contributed by atoms with Crippen LogP contribution in [0.25, 0.3) is 0 Å². The molecule has 0 saturated carbocycles. The number of benzene rings is 6. The van der Waals surface area contributed by atoms with Gasteiger partial charge in [-0.05, 0) is 163 Å². The molecule has 0 aliphatic carbocycles. The van der Waals surface area contributed by atoms with Crippen molar-refractivity contribution in [2.45, 2.75) is 169 Å². The van der Waals surface area contributed by atoms with Gasteiger partial charge in [0.05, 0.1) is 62.6 Å². The van der Waals surface area contributed by atoms with Gasteiger partial charge >= 0.3 is 5.97 Å². The van der Waals surface area contributed by atoms with E-state index in [-0.39, 0.29) is 106 Å². The van der Waals surface area contributed by atoms with Crippen LogP contribution >= 0.6 is 69.6 Å². The molecule has 4 heterocycles. The third kappa shape index (κ3) is 27.3. The quantitative estimate of drug-likeness (QED) is 0.0233. The van der Waals surface area contributed by atoms with Crippen LogP contribution in [0, 0.1) is 34.5 Å². The molecule has 6 aromatic rings. The largest absolute Gasteiger partial charge is 0.482 e.